The van der Waals surface area contributed by atoms with Gasteiger partial charge in [-0.25, -0.2) is 4.98 Å². The number of nitrogens with zero attached hydrogens (tertiary/aromatic N) is 3. The van der Waals surface area contributed by atoms with E-state index in [4.69, 9.17) is 14.2 Å². The molecule has 2 heterocycles. The Morgan fingerprint density at radius 1 is 1.29 bits per heavy atom. The van der Waals surface area contributed by atoms with Gasteiger partial charge in [0.1, 0.15) is 17.7 Å². The standard InChI is InChI=1S/C25H30N4O6/c1-15-7-6-8-19(16(15)2)28(14-21-26-11-12-27-21)22-18-13-17(29(31)32)9-10-20(18)35-25(3,23(22)30)24(33-4)34-5/h6-13,22-24,30H,14H2,1-5H3,(H,26,27)/t22-,23+,25+/m1/s1. The fraction of sp³-hybridized carbons (Fsp3) is 0.400. The Balaban J connectivity index is 1.96. The van der Waals surface area contributed by atoms with Gasteiger partial charge >= 0.3 is 0 Å². The summed E-state index contributed by atoms with van der Waals surface area (Å²) in [6.45, 7) is 6.04. The fourth-order valence-electron chi connectivity index (χ4n) is 4.77. The number of aryl methyl sites for hydroxylation is 1. The van der Waals surface area contributed by atoms with Crippen molar-refractivity contribution in [2.75, 3.05) is 19.1 Å². The molecular weight excluding hydrogens is 452 g/mol. The molecule has 10 heteroatoms. The van der Waals surface area contributed by atoms with Crippen LogP contribution in [0.2, 0.25) is 0 Å². The number of benzene rings is 2. The number of aromatic nitrogens is 2. The van der Waals surface area contributed by atoms with Crippen LogP contribution in [0.5, 0.6) is 5.75 Å². The predicted octanol–water partition coefficient (Wildman–Crippen LogP) is 3.81. The minimum absolute atomic E-state index is 0.0953. The molecule has 3 aromatic rings. The number of methoxy groups -OCH3 is 2. The second kappa shape index (κ2) is 9.65. The van der Waals surface area contributed by atoms with Crippen LogP contribution in [0.4, 0.5) is 11.4 Å². The van der Waals surface area contributed by atoms with E-state index < -0.39 is 29.0 Å². The summed E-state index contributed by atoms with van der Waals surface area (Å²) in [5.41, 5.74) is 2.02. The number of hydrogen-bond acceptors (Lipinski definition) is 8. The number of imidazole rings is 1. The van der Waals surface area contributed by atoms with Gasteiger partial charge in [0.15, 0.2) is 11.9 Å². The first-order valence-electron chi connectivity index (χ1n) is 11.2. The molecule has 0 radical (unpaired) electrons. The number of fused-ring (bicyclic) bond motifs is 1. The highest BCUT2D eigenvalue weighted by Crippen LogP contribution is 2.48. The zero-order valence-corrected chi connectivity index (χ0v) is 20.4. The average Bonchev–Trinajstić information content (AvgIpc) is 3.34. The smallest absolute Gasteiger partial charge is 0.270 e. The Morgan fingerprint density at radius 2 is 2.03 bits per heavy atom. The fourth-order valence-corrected chi connectivity index (χ4v) is 4.77. The van der Waals surface area contributed by atoms with Gasteiger partial charge in [0.2, 0.25) is 0 Å². The van der Waals surface area contributed by atoms with Gasteiger partial charge < -0.3 is 29.2 Å². The molecule has 186 valence electrons. The number of aromatic amines is 1. The van der Waals surface area contributed by atoms with Crippen molar-refractivity contribution in [3.8, 4) is 5.75 Å². The molecule has 0 unspecified atom stereocenters. The Kier molecular flexibility index (Phi) is 6.79. The van der Waals surface area contributed by atoms with E-state index in [0.29, 0.717) is 23.7 Å². The van der Waals surface area contributed by atoms with Gasteiger partial charge in [0.05, 0.1) is 17.5 Å². The molecule has 0 aliphatic carbocycles. The van der Waals surface area contributed by atoms with Crippen molar-refractivity contribution in [3.63, 3.8) is 0 Å². The Hall–Kier alpha value is -3.47. The molecule has 2 N–H and O–H groups in total. The van der Waals surface area contributed by atoms with Gasteiger partial charge in [-0.2, -0.15) is 0 Å². The number of non-ortho nitro benzene ring substituents is 1. The van der Waals surface area contributed by atoms with Gasteiger partial charge in [-0.3, -0.25) is 10.1 Å². The quantitative estimate of drug-likeness (QED) is 0.282. The van der Waals surface area contributed by atoms with E-state index in [1.165, 1.54) is 26.4 Å². The van der Waals surface area contributed by atoms with E-state index in [1.807, 2.05) is 36.9 Å². The van der Waals surface area contributed by atoms with Crippen molar-refractivity contribution in [2.45, 2.75) is 51.4 Å². The Bertz CT molecular complexity index is 1200. The van der Waals surface area contributed by atoms with Crippen molar-refractivity contribution in [1.82, 2.24) is 9.97 Å². The van der Waals surface area contributed by atoms with Gasteiger partial charge in [0, 0.05) is 50.0 Å². The summed E-state index contributed by atoms with van der Waals surface area (Å²) in [6, 6.07) is 9.57. The molecule has 3 atom stereocenters. The molecule has 4 rings (SSSR count). The molecular formula is C25H30N4O6. The molecule has 0 spiro atoms. The first kappa shape index (κ1) is 24.6. The normalized spacial score (nSPS) is 21.5. The Morgan fingerprint density at radius 3 is 2.66 bits per heavy atom. The van der Waals surface area contributed by atoms with Crippen LogP contribution in [0.3, 0.4) is 0 Å². The van der Waals surface area contributed by atoms with Crippen LogP contribution in [-0.2, 0) is 16.0 Å². The van der Waals surface area contributed by atoms with Crippen LogP contribution in [0.25, 0.3) is 0 Å². The molecule has 0 bridgehead atoms. The number of H-pyrrole nitrogens is 1. The molecule has 0 saturated heterocycles. The second-order valence-corrected chi connectivity index (χ2v) is 8.84. The highest BCUT2D eigenvalue weighted by atomic mass is 16.7. The van der Waals surface area contributed by atoms with Crippen LogP contribution in [-0.4, -0.2) is 52.2 Å². The monoisotopic (exact) mass is 482 g/mol. The number of aliphatic hydroxyl groups is 1. The minimum atomic E-state index is -1.32. The van der Waals surface area contributed by atoms with Crippen LogP contribution in [0, 0.1) is 24.0 Å². The van der Waals surface area contributed by atoms with Crippen LogP contribution < -0.4 is 9.64 Å². The number of aliphatic hydroxyl groups excluding tert-OH is 1. The predicted molar refractivity (Wildman–Crippen MR) is 129 cm³/mol. The summed E-state index contributed by atoms with van der Waals surface area (Å²) < 4.78 is 17.3. The summed E-state index contributed by atoms with van der Waals surface area (Å²) in [6.07, 6.45) is 1.28. The third kappa shape index (κ3) is 4.36. The van der Waals surface area contributed by atoms with Gasteiger partial charge in [0.25, 0.3) is 5.69 Å². The molecule has 35 heavy (non-hydrogen) atoms. The number of ether oxygens (including phenoxy) is 3. The summed E-state index contributed by atoms with van der Waals surface area (Å²) >= 11 is 0. The van der Waals surface area contributed by atoms with E-state index in [9.17, 15) is 15.2 Å². The largest absolute Gasteiger partial charge is 0.479 e. The molecule has 0 amide bonds. The van der Waals surface area contributed by atoms with Crippen LogP contribution in [0.1, 0.15) is 35.5 Å². The number of anilines is 1. The first-order valence-corrected chi connectivity index (χ1v) is 11.2. The van der Waals surface area contributed by atoms with Gasteiger partial charge in [-0.05, 0) is 44.0 Å². The number of rotatable bonds is 8. The van der Waals surface area contributed by atoms with E-state index in [-0.39, 0.29) is 5.69 Å². The highest BCUT2D eigenvalue weighted by Gasteiger charge is 2.54. The summed E-state index contributed by atoms with van der Waals surface area (Å²) in [4.78, 5) is 20.7. The van der Waals surface area contributed by atoms with Gasteiger partial charge in [-0.15, -0.1) is 0 Å². The van der Waals surface area contributed by atoms with Gasteiger partial charge in [-0.1, -0.05) is 12.1 Å². The van der Waals surface area contributed by atoms with Crippen LogP contribution >= 0.6 is 0 Å². The van der Waals surface area contributed by atoms with E-state index in [1.54, 1.807) is 25.4 Å². The summed E-state index contributed by atoms with van der Waals surface area (Å²) in [5, 5.41) is 23.5. The lowest BCUT2D eigenvalue weighted by Gasteiger charge is -2.50. The van der Waals surface area contributed by atoms with Crippen molar-refractivity contribution in [2.24, 2.45) is 0 Å². The van der Waals surface area contributed by atoms with Crippen LogP contribution in [0.15, 0.2) is 48.8 Å². The number of nitro benzene ring substituents is 1. The third-order valence-corrected chi connectivity index (χ3v) is 6.73. The first-order chi connectivity index (χ1) is 16.7. The van der Waals surface area contributed by atoms with Crippen molar-refractivity contribution in [3.05, 3.63) is 81.4 Å². The van der Waals surface area contributed by atoms with Crippen molar-refractivity contribution < 1.29 is 24.2 Å². The SMILES string of the molecule is COC(OC)[C@@]1(C)Oc2ccc([N+](=O)[O-])cc2[C@@H](N(Cc2ncc[nH]2)c2cccc(C)c2C)[C@@H]1O. The van der Waals surface area contributed by atoms with E-state index in [0.717, 1.165) is 16.8 Å². The van der Waals surface area contributed by atoms with Crippen molar-refractivity contribution >= 4 is 11.4 Å². The average molecular weight is 483 g/mol. The molecule has 0 fully saturated rings. The lowest BCUT2D eigenvalue weighted by molar-refractivity contribution is -0.385. The lowest BCUT2D eigenvalue weighted by Crippen LogP contribution is -2.62. The number of nitro groups is 1. The topological polar surface area (TPSA) is 123 Å². The molecule has 1 aliphatic heterocycles. The second-order valence-electron chi connectivity index (χ2n) is 8.84. The zero-order valence-electron chi connectivity index (χ0n) is 20.4. The number of hydrogen-bond donors (Lipinski definition) is 2. The zero-order chi connectivity index (χ0) is 25.3. The Labute approximate surface area is 203 Å². The maximum Gasteiger partial charge on any atom is 0.270 e. The highest BCUT2D eigenvalue weighted by molar-refractivity contribution is 5.60. The minimum Gasteiger partial charge on any atom is -0.479 e. The molecule has 2 aromatic carbocycles. The third-order valence-electron chi connectivity index (χ3n) is 6.73. The molecule has 10 nitrogen and oxygen atoms in total. The molecule has 0 saturated carbocycles. The maximum absolute atomic E-state index is 11.9. The maximum atomic E-state index is 11.9. The lowest BCUT2D eigenvalue weighted by atomic mass is 9.83. The van der Waals surface area contributed by atoms with E-state index in [2.05, 4.69) is 9.97 Å². The molecule has 1 aromatic heterocycles. The summed E-state index contributed by atoms with van der Waals surface area (Å²) in [5.74, 6) is 1.08. The number of nitrogens with one attached hydrogen (secondary N) is 1. The van der Waals surface area contributed by atoms with Crippen molar-refractivity contribution in [1.29, 1.82) is 0 Å². The summed E-state index contributed by atoms with van der Waals surface area (Å²) in [7, 11) is 2.95. The molecule has 1 aliphatic rings. The van der Waals surface area contributed by atoms with E-state index >= 15 is 0 Å².